The maximum absolute atomic E-state index is 6.11. The number of nitrogens with two attached hydrogens (primary N) is 2. The van der Waals surface area contributed by atoms with Crippen LogP contribution in [0.2, 0.25) is 0 Å². The first kappa shape index (κ1) is 32.5. The Bertz CT molecular complexity index is 1320. The Morgan fingerprint density at radius 1 is 0.575 bits per heavy atom. The molecule has 0 aliphatic rings. The number of halogens is 2. The smallest absolute Gasteiger partial charge is 0.125 e. The number of aliphatic imine (C=N–C) groups is 2. The fourth-order valence-corrected chi connectivity index (χ4v) is 4.15. The lowest BCUT2D eigenvalue weighted by Gasteiger charge is -2.14. The average molecular weight is 582 g/mol. The number of fused-ring (bicyclic) bond motifs is 1. The van der Waals surface area contributed by atoms with Crippen LogP contribution >= 0.6 is 24.8 Å². The molecule has 4 rings (SSSR count). The van der Waals surface area contributed by atoms with Gasteiger partial charge >= 0.3 is 0 Å². The fourth-order valence-electron chi connectivity index (χ4n) is 4.15. The maximum Gasteiger partial charge on any atom is 0.125 e. The first-order valence-electron chi connectivity index (χ1n) is 12.9. The van der Waals surface area contributed by atoms with Crippen LogP contribution in [0.3, 0.4) is 0 Å². The minimum atomic E-state index is 0. The zero-order valence-electron chi connectivity index (χ0n) is 23.3. The van der Waals surface area contributed by atoms with Crippen LogP contribution in [0.15, 0.2) is 94.9 Å². The first-order valence-corrected chi connectivity index (χ1v) is 12.9. The third kappa shape index (κ3) is 8.63. The van der Waals surface area contributed by atoms with Gasteiger partial charge in [-0.1, -0.05) is 36.4 Å². The Morgan fingerprint density at radius 2 is 0.925 bits per heavy atom. The highest BCUT2D eigenvalue weighted by molar-refractivity contribution is 5.98. The molecule has 0 bridgehead atoms. The monoisotopic (exact) mass is 580 g/mol. The van der Waals surface area contributed by atoms with Crippen LogP contribution in [-0.4, -0.2) is 23.8 Å². The average Bonchev–Trinajstić information content (AvgIpc) is 2.90. The van der Waals surface area contributed by atoms with E-state index in [1.807, 2.05) is 88.4 Å². The van der Waals surface area contributed by atoms with Gasteiger partial charge in [0.05, 0.1) is 0 Å². The van der Waals surface area contributed by atoms with Crippen molar-refractivity contribution in [3.05, 3.63) is 107 Å². The van der Waals surface area contributed by atoms with E-state index in [0.29, 0.717) is 24.9 Å². The van der Waals surface area contributed by atoms with E-state index < -0.39 is 0 Å². The van der Waals surface area contributed by atoms with E-state index in [1.165, 1.54) is 0 Å². The molecule has 0 heterocycles. The van der Waals surface area contributed by atoms with Crippen molar-refractivity contribution in [2.24, 2.45) is 21.5 Å². The Balaban J connectivity index is 0.00000280. The van der Waals surface area contributed by atoms with Crippen molar-refractivity contribution in [2.75, 3.05) is 0 Å². The van der Waals surface area contributed by atoms with Crippen LogP contribution in [0.5, 0.6) is 11.5 Å². The molecule has 0 atom stereocenters. The Labute approximate surface area is 249 Å². The molecule has 0 amide bonds. The predicted molar refractivity (Wildman–Crippen MR) is 172 cm³/mol. The Morgan fingerprint density at radius 3 is 1.25 bits per heavy atom. The summed E-state index contributed by atoms with van der Waals surface area (Å²) in [7, 11) is 0. The zero-order valence-corrected chi connectivity index (χ0v) is 25.0. The molecular formula is C32H38Cl2N4O2. The molecule has 4 aromatic carbocycles. The molecule has 0 radical (unpaired) electrons. The fraction of sp³-hybridized carbons (Fsp3) is 0.250. The first-order chi connectivity index (χ1) is 18.3. The summed E-state index contributed by atoms with van der Waals surface area (Å²) in [4.78, 5) is 8.80. The molecule has 8 heteroatoms. The van der Waals surface area contributed by atoms with E-state index in [4.69, 9.17) is 20.9 Å². The minimum absolute atomic E-state index is 0. The van der Waals surface area contributed by atoms with E-state index in [0.717, 1.165) is 44.5 Å². The summed E-state index contributed by atoms with van der Waals surface area (Å²) >= 11 is 0. The number of rotatable bonds is 10. The largest absolute Gasteiger partial charge is 0.489 e. The Hall–Kier alpha value is -3.74. The quantitative estimate of drug-likeness (QED) is 0.155. The lowest BCUT2D eigenvalue weighted by Crippen LogP contribution is -2.15. The standard InChI is InChI=1S/C32H36N4O2.2ClH/c1-21(2)35-31(33)23-11-15-27(16-12-23)37-19-25-9-10-26(30-8-6-5-7-29(25)30)20-38-28-17-13-24(14-18-28)32(34)36-22(3)4;;/h5-18,21-22H,19-20H2,1-4H3,(H2,33,35)(H2,34,36);2*1H. The van der Waals surface area contributed by atoms with E-state index in [9.17, 15) is 0 Å². The van der Waals surface area contributed by atoms with Crippen molar-refractivity contribution in [1.82, 2.24) is 0 Å². The second-order valence-corrected chi connectivity index (χ2v) is 9.77. The second kappa shape index (κ2) is 15.2. The highest BCUT2D eigenvalue weighted by Crippen LogP contribution is 2.26. The van der Waals surface area contributed by atoms with Gasteiger partial charge in [0.2, 0.25) is 0 Å². The van der Waals surface area contributed by atoms with E-state index in [2.05, 4.69) is 34.3 Å². The molecule has 0 unspecified atom stereocenters. The highest BCUT2D eigenvalue weighted by Gasteiger charge is 2.09. The summed E-state index contributed by atoms with van der Waals surface area (Å²) in [5.41, 5.74) is 16.1. The van der Waals surface area contributed by atoms with Crippen LogP contribution in [0.25, 0.3) is 10.8 Å². The zero-order chi connectivity index (χ0) is 27.1. The molecule has 0 saturated carbocycles. The van der Waals surface area contributed by atoms with Crippen LogP contribution in [0.4, 0.5) is 0 Å². The summed E-state index contributed by atoms with van der Waals surface area (Å²) < 4.78 is 12.2. The summed E-state index contributed by atoms with van der Waals surface area (Å²) in [5, 5.41) is 2.29. The van der Waals surface area contributed by atoms with Crippen molar-refractivity contribution >= 4 is 47.3 Å². The van der Waals surface area contributed by atoms with Crippen LogP contribution < -0.4 is 20.9 Å². The minimum Gasteiger partial charge on any atom is -0.489 e. The van der Waals surface area contributed by atoms with E-state index in [1.54, 1.807) is 0 Å². The van der Waals surface area contributed by atoms with Gasteiger partial charge in [0.15, 0.2) is 0 Å². The summed E-state index contributed by atoms with van der Waals surface area (Å²) in [6.45, 7) is 8.93. The van der Waals surface area contributed by atoms with Gasteiger partial charge in [-0.05, 0) is 98.1 Å². The van der Waals surface area contributed by atoms with Crippen LogP contribution in [0, 0.1) is 0 Å². The predicted octanol–water partition coefficient (Wildman–Crippen LogP) is 7.07. The molecule has 4 N–H and O–H groups in total. The van der Waals surface area contributed by atoms with E-state index in [-0.39, 0.29) is 36.9 Å². The van der Waals surface area contributed by atoms with Crippen molar-refractivity contribution in [3.8, 4) is 11.5 Å². The lowest BCUT2D eigenvalue weighted by atomic mass is 10.0. The van der Waals surface area contributed by atoms with Crippen molar-refractivity contribution in [1.29, 1.82) is 0 Å². The maximum atomic E-state index is 6.11. The topological polar surface area (TPSA) is 95.2 Å². The molecule has 4 aromatic rings. The Kier molecular flexibility index (Phi) is 12.3. The van der Waals surface area contributed by atoms with Crippen LogP contribution in [-0.2, 0) is 13.2 Å². The summed E-state index contributed by atoms with van der Waals surface area (Å²) in [6.07, 6.45) is 0. The molecule has 40 heavy (non-hydrogen) atoms. The van der Waals surface area contributed by atoms with Gasteiger partial charge < -0.3 is 20.9 Å². The number of hydrogen-bond donors (Lipinski definition) is 2. The van der Waals surface area contributed by atoms with E-state index >= 15 is 0 Å². The molecular weight excluding hydrogens is 543 g/mol. The summed E-state index contributed by atoms with van der Waals surface area (Å²) in [5.74, 6) is 2.64. The molecule has 0 saturated heterocycles. The van der Waals surface area contributed by atoms with Gasteiger partial charge in [0.25, 0.3) is 0 Å². The van der Waals surface area contributed by atoms with Gasteiger partial charge in [0.1, 0.15) is 36.4 Å². The molecule has 0 spiro atoms. The molecule has 0 aliphatic carbocycles. The van der Waals surface area contributed by atoms with Gasteiger partial charge in [-0.25, -0.2) is 0 Å². The third-order valence-electron chi connectivity index (χ3n) is 5.99. The normalized spacial score (nSPS) is 11.8. The molecule has 0 aliphatic heterocycles. The molecule has 0 aromatic heterocycles. The lowest BCUT2D eigenvalue weighted by molar-refractivity contribution is 0.305. The number of hydrogen-bond acceptors (Lipinski definition) is 4. The van der Waals surface area contributed by atoms with Crippen molar-refractivity contribution in [2.45, 2.75) is 53.0 Å². The SMILES string of the molecule is CC(C)N=C(N)c1ccc(OCc2ccc(COc3ccc(C(N)=NC(C)C)cc3)c3ccccc23)cc1.Cl.Cl. The van der Waals surface area contributed by atoms with Crippen molar-refractivity contribution < 1.29 is 9.47 Å². The third-order valence-corrected chi connectivity index (χ3v) is 5.99. The summed E-state index contributed by atoms with van der Waals surface area (Å²) in [6, 6.07) is 28.3. The number of nitrogens with zero attached hydrogens (tertiary/aromatic N) is 2. The van der Waals surface area contributed by atoms with Gasteiger partial charge in [0, 0.05) is 23.2 Å². The number of amidine groups is 2. The van der Waals surface area contributed by atoms with Crippen LogP contribution in [0.1, 0.15) is 49.9 Å². The molecule has 0 fully saturated rings. The van der Waals surface area contributed by atoms with Gasteiger partial charge in [-0.15, -0.1) is 24.8 Å². The molecule has 6 nitrogen and oxygen atoms in total. The van der Waals surface area contributed by atoms with Gasteiger partial charge in [-0.2, -0.15) is 0 Å². The van der Waals surface area contributed by atoms with Gasteiger partial charge in [-0.3, -0.25) is 9.98 Å². The highest BCUT2D eigenvalue weighted by atomic mass is 35.5. The number of benzene rings is 4. The molecule has 212 valence electrons. The second-order valence-electron chi connectivity index (χ2n) is 9.77. The van der Waals surface area contributed by atoms with Crippen molar-refractivity contribution in [3.63, 3.8) is 0 Å². The number of ether oxygens (including phenoxy) is 2.